The van der Waals surface area contributed by atoms with Gasteiger partial charge in [-0.15, -0.1) is 0 Å². The highest BCUT2D eigenvalue weighted by atomic mass is 16.5. The van der Waals surface area contributed by atoms with Crippen LogP contribution >= 0.6 is 0 Å². The summed E-state index contributed by atoms with van der Waals surface area (Å²) in [5.41, 5.74) is 5.15. The predicted molar refractivity (Wildman–Crippen MR) is 175 cm³/mol. The van der Waals surface area contributed by atoms with Crippen molar-refractivity contribution in [3.63, 3.8) is 0 Å². The lowest BCUT2D eigenvalue weighted by Crippen LogP contribution is -2.59. The number of carbonyl (C=O) groups is 2. The zero-order chi connectivity index (χ0) is 31.1. The van der Waals surface area contributed by atoms with E-state index in [9.17, 15) is 9.59 Å². The van der Waals surface area contributed by atoms with Crippen molar-refractivity contribution in [1.29, 1.82) is 0 Å². The Morgan fingerprint density at radius 3 is 1.98 bits per heavy atom. The fraction of sp³-hybridized carbons (Fsp3) is 0.550. The van der Waals surface area contributed by atoms with E-state index >= 15 is 0 Å². The molecule has 0 spiro atoms. The Kier molecular flexibility index (Phi) is 8.65. The maximum Gasteiger partial charge on any atom is 0.302 e. The van der Waals surface area contributed by atoms with Gasteiger partial charge in [0, 0.05) is 19.3 Å². The van der Waals surface area contributed by atoms with Crippen molar-refractivity contribution < 1.29 is 19.1 Å². The summed E-state index contributed by atoms with van der Waals surface area (Å²) in [7, 11) is 0. The first-order valence-corrected chi connectivity index (χ1v) is 16.9. The second kappa shape index (κ2) is 12.3. The molecule has 4 nitrogen and oxygen atoms in total. The third-order valence-corrected chi connectivity index (χ3v) is 12.6. The number of carbonyl (C=O) groups excluding carboxylic acids is 2. The third-order valence-electron chi connectivity index (χ3n) is 12.6. The summed E-state index contributed by atoms with van der Waals surface area (Å²) in [5.74, 6) is 2.32. The van der Waals surface area contributed by atoms with Gasteiger partial charge in [0.05, 0.1) is 0 Å². The van der Waals surface area contributed by atoms with Crippen molar-refractivity contribution in [2.45, 2.75) is 98.2 Å². The van der Waals surface area contributed by atoms with E-state index in [1.807, 2.05) is 0 Å². The van der Waals surface area contributed by atoms with Crippen LogP contribution in [-0.4, -0.2) is 24.1 Å². The summed E-state index contributed by atoms with van der Waals surface area (Å²) in [6.45, 7) is 10.4. The second-order valence-corrected chi connectivity index (χ2v) is 14.7. The minimum absolute atomic E-state index is 0.0496. The molecule has 44 heavy (non-hydrogen) atoms. The number of ether oxygens (including phenoxy) is 2. The molecular weight excluding hydrogens is 544 g/mol. The molecule has 0 aromatic heterocycles. The third kappa shape index (κ3) is 5.59. The van der Waals surface area contributed by atoms with E-state index < -0.39 is 0 Å². The highest BCUT2D eigenvalue weighted by Gasteiger charge is 2.64. The van der Waals surface area contributed by atoms with E-state index in [-0.39, 0.29) is 35.0 Å². The average molecular weight is 595 g/mol. The van der Waals surface area contributed by atoms with Crippen LogP contribution in [0, 0.1) is 40.4 Å². The summed E-state index contributed by atoms with van der Waals surface area (Å²) in [6.07, 6.45) is 13.3. The van der Waals surface area contributed by atoms with Crippen LogP contribution in [0.3, 0.4) is 0 Å². The fourth-order valence-electron chi connectivity index (χ4n) is 10.5. The minimum atomic E-state index is -0.162. The number of esters is 2. The summed E-state index contributed by atoms with van der Waals surface area (Å²) in [4.78, 5) is 24.3. The molecular formula is C40H50O4. The van der Waals surface area contributed by atoms with E-state index in [1.54, 1.807) is 6.92 Å². The Hall–Kier alpha value is -3.14. The smallest absolute Gasteiger partial charge is 0.302 e. The van der Waals surface area contributed by atoms with Crippen LogP contribution in [0.1, 0.15) is 97.1 Å². The molecule has 0 radical (unpaired) electrons. The lowest BCUT2D eigenvalue weighted by Gasteiger charge is -2.62. The largest absolute Gasteiger partial charge is 0.463 e. The topological polar surface area (TPSA) is 52.6 Å². The van der Waals surface area contributed by atoms with Gasteiger partial charge in [0.2, 0.25) is 0 Å². The van der Waals surface area contributed by atoms with Crippen molar-refractivity contribution in [2.24, 2.45) is 40.4 Å². The van der Waals surface area contributed by atoms with Crippen LogP contribution in [-0.2, 0) is 19.1 Å². The summed E-state index contributed by atoms with van der Waals surface area (Å²) >= 11 is 0. The number of hydrogen-bond acceptors (Lipinski definition) is 4. The molecule has 4 saturated carbocycles. The molecule has 9 atom stereocenters. The van der Waals surface area contributed by atoms with Crippen molar-refractivity contribution in [1.82, 2.24) is 0 Å². The lowest BCUT2D eigenvalue weighted by atomic mass is 9.44. The average Bonchev–Trinajstić information content (AvgIpc) is 3.37. The zero-order valence-electron chi connectivity index (χ0n) is 27.3. The van der Waals surface area contributed by atoms with Crippen LogP contribution in [0.5, 0.6) is 0 Å². The molecule has 2 aromatic carbocycles. The normalized spacial score (nSPS) is 36.3. The van der Waals surface area contributed by atoms with Crippen LogP contribution in [0.25, 0.3) is 5.57 Å². The number of fused-ring (bicyclic) bond motifs is 5. The van der Waals surface area contributed by atoms with Gasteiger partial charge >= 0.3 is 11.9 Å². The Morgan fingerprint density at radius 2 is 1.36 bits per heavy atom. The van der Waals surface area contributed by atoms with Gasteiger partial charge in [-0.2, -0.15) is 0 Å². The summed E-state index contributed by atoms with van der Waals surface area (Å²) < 4.78 is 12.0. The molecule has 3 unspecified atom stereocenters. The van der Waals surface area contributed by atoms with Gasteiger partial charge < -0.3 is 9.47 Å². The molecule has 4 aliphatic carbocycles. The first-order valence-electron chi connectivity index (χ1n) is 16.9. The Labute approximate surface area is 264 Å². The molecule has 4 heteroatoms. The molecule has 0 aliphatic heterocycles. The number of allylic oxidation sites excluding steroid dienone is 3. The van der Waals surface area contributed by atoms with Crippen molar-refractivity contribution in [2.75, 3.05) is 0 Å². The second-order valence-electron chi connectivity index (χ2n) is 14.7. The van der Waals surface area contributed by atoms with Gasteiger partial charge in [-0.1, -0.05) is 92.2 Å². The number of benzene rings is 2. The molecule has 0 saturated heterocycles. The van der Waals surface area contributed by atoms with Crippen molar-refractivity contribution in [3.05, 3.63) is 89.5 Å². The molecule has 0 heterocycles. The van der Waals surface area contributed by atoms with Gasteiger partial charge in [-0.3, -0.25) is 9.59 Å². The van der Waals surface area contributed by atoms with E-state index in [0.717, 1.165) is 32.1 Å². The molecule has 0 amide bonds. The Bertz CT molecular complexity index is 1370. The highest BCUT2D eigenvalue weighted by molar-refractivity contribution is 5.80. The molecule has 234 valence electrons. The van der Waals surface area contributed by atoms with Gasteiger partial charge in [-0.05, 0) is 110 Å². The van der Waals surface area contributed by atoms with E-state index in [1.165, 1.54) is 48.5 Å². The summed E-state index contributed by atoms with van der Waals surface area (Å²) in [6, 6.07) is 21.3. The van der Waals surface area contributed by atoms with Crippen LogP contribution < -0.4 is 0 Å². The Morgan fingerprint density at radius 1 is 0.727 bits per heavy atom. The van der Waals surface area contributed by atoms with E-state index in [2.05, 4.69) is 93.6 Å². The Balaban J connectivity index is 1.31. The van der Waals surface area contributed by atoms with Crippen LogP contribution in [0.4, 0.5) is 0 Å². The molecule has 0 N–H and O–H groups in total. The van der Waals surface area contributed by atoms with Crippen molar-refractivity contribution >= 4 is 17.5 Å². The molecule has 4 fully saturated rings. The van der Waals surface area contributed by atoms with E-state index in [4.69, 9.17) is 9.47 Å². The van der Waals surface area contributed by atoms with Gasteiger partial charge in [-0.25, -0.2) is 0 Å². The van der Waals surface area contributed by atoms with Crippen LogP contribution in [0.15, 0.2) is 78.4 Å². The standard InChI is InChI=1S/C40H50O4/c1-26(16-18-33(29-12-8-6-9-13-29)30-14-10-7-11-15-30)35-20-21-36-34-19-17-31-24-32(43-27(2)41)22-23-39(31,4)37(34)25-38(40(35,36)5)44-28(3)42/h6-16,18,31-32,34-38H,17,19-25H2,1-5H3/t31?,32?,34-,35+,36-,37-,38?,39-,40+/m0/s1. The molecule has 4 aliphatic rings. The van der Waals surface area contributed by atoms with E-state index in [0.29, 0.717) is 29.6 Å². The maximum absolute atomic E-state index is 12.6. The number of rotatable bonds is 6. The molecule has 6 rings (SSSR count). The fourth-order valence-corrected chi connectivity index (χ4v) is 10.5. The van der Waals surface area contributed by atoms with Gasteiger partial charge in [0.25, 0.3) is 0 Å². The first-order chi connectivity index (χ1) is 21.1. The lowest BCUT2D eigenvalue weighted by molar-refractivity contribution is -0.193. The SMILES string of the molecule is CC(=O)OC1CC[C@@]2(C)C(CC[C@H]3[C@@H]4CC[C@H](C(C)=CC=C(c5ccccc5)c5ccccc5)[C@@]4(C)C(OC(C)=O)C[C@@H]32)C1. The quantitative estimate of drug-likeness (QED) is 0.247. The first kappa shape index (κ1) is 30.9. The monoisotopic (exact) mass is 594 g/mol. The highest BCUT2D eigenvalue weighted by Crippen LogP contribution is 2.68. The van der Waals surface area contributed by atoms with Crippen LogP contribution in [0.2, 0.25) is 0 Å². The molecule has 0 bridgehead atoms. The predicted octanol–water partition coefficient (Wildman–Crippen LogP) is 9.20. The number of hydrogen-bond donors (Lipinski definition) is 0. The van der Waals surface area contributed by atoms with Crippen molar-refractivity contribution in [3.8, 4) is 0 Å². The summed E-state index contributed by atoms with van der Waals surface area (Å²) in [5, 5.41) is 0. The van der Waals surface area contributed by atoms with Gasteiger partial charge in [0.1, 0.15) is 12.2 Å². The van der Waals surface area contributed by atoms with Gasteiger partial charge in [0.15, 0.2) is 0 Å². The minimum Gasteiger partial charge on any atom is -0.463 e. The zero-order valence-corrected chi connectivity index (χ0v) is 27.3. The molecule has 2 aromatic rings. The maximum atomic E-state index is 12.6.